The molecule has 0 heterocycles. The van der Waals surface area contributed by atoms with E-state index < -0.39 is 10.9 Å². The number of methoxy groups -OCH3 is 1. The van der Waals surface area contributed by atoms with Crippen LogP contribution in [0.2, 0.25) is 0 Å². The quantitative estimate of drug-likeness (QED) is 0.101. The van der Waals surface area contributed by atoms with Crippen LogP contribution >= 0.6 is 11.9 Å². The number of hydrogen-bond donors (Lipinski definition) is 2. The van der Waals surface area contributed by atoms with E-state index in [9.17, 15) is 14.9 Å². The lowest BCUT2D eigenvalue weighted by atomic mass is 10.1. The summed E-state index contributed by atoms with van der Waals surface area (Å²) >= 11 is 1.38. The zero-order valence-electron chi connectivity index (χ0n) is 19.3. The molecule has 0 aliphatic carbocycles. The van der Waals surface area contributed by atoms with E-state index in [1.54, 1.807) is 24.3 Å². The van der Waals surface area contributed by atoms with Crippen molar-refractivity contribution >= 4 is 35.0 Å². The number of nitro benzene ring substituents is 1. The summed E-state index contributed by atoms with van der Waals surface area (Å²) in [5, 5.41) is 14.5. The maximum atomic E-state index is 12.4. The molecule has 0 spiro atoms. The number of nitro groups is 1. The first-order chi connectivity index (χ1) is 16.4. The van der Waals surface area contributed by atoms with Gasteiger partial charge in [-0.15, -0.1) is 0 Å². The van der Waals surface area contributed by atoms with Gasteiger partial charge in [0.1, 0.15) is 17.2 Å². The summed E-state index contributed by atoms with van der Waals surface area (Å²) in [5.74, 6) is 0.304. The zero-order valence-corrected chi connectivity index (χ0v) is 20.1. The molecule has 178 valence electrons. The third-order valence-corrected chi connectivity index (χ3v) is 5.77. The SMILES string of the molecule is CCCCNc1cc(Oc2ccc(NSc3ccc(C)cc3)c(C(=O)OC)c2)ccc1[N+](=O)[O-]. The van der Waals surface area contributed by atoms with Crippen molar-refractivity contribution in [3.05, 3.63) is 81.9 Å². The second kappa shape index (κ2) is 11.9. The Labute approximate surface area is 202 Å². The summed E-state index contributed by atoms with van der Waals surface area (Å²) < 4.78 is 14.0. The van der Waals surface area contributed by atoms with Crippen molar-refractivity contribution in [2.45, 2.75) is 31.6 Å². The molecule has 0 bridgehead atoms. The molecule has 0 saturated carbocycles. The second-order valence-corrected chi connectivity index (χ2v) is 8.41. The van der Waals surface area contributed by atoms with Crippen LogP contribution < -0.4 is 14.8 Å². The number of benzene rings is 3. The van der Waals surface area contributed by atoms with Gasteiger partial charge in [0, 0.05) is 23.6 Å². The van der Waals surface area contributed by atoms with E-state index in [0.717, 1.165) is 23.3 Å². The molecule has 0 fully saturated rings. The van der Waals surface area contributed by atoms with Crippen LogP contribution in [0.3, 0.4) is 0 Å². The third-order valence-electron chi connectivity index (χ3n) is 4.94. The molecule has 0 aliphatic heterocycles. The van der Waals surface area contributed by atoms with Gasteiger partial charge in [-0.2, -0.15) is 0 Å². The number of rotatable bonds is 11. The summed E-state index contributed by atoms with van der Waals surface area (Å²) in [6, 6.07) is 17.5. The Morgan fingerprint density at radius 3 is 2.41 bits per heavy atom. The van der Waals surface area contributed by atoms with E-state index in [1.807, 2.05) is 38.1 Å². The van der Waals surface area contributed by atoms with Gasteiger partial charge < -0.3 is 19.5 Å². The Kier molecular flexibility index (Phi) is 8.75. The Morgan fingerprint density at radius 2 is 1.74 bits per heavy atom. The number of aryl methyl sites for hydroxylation is 1. The normalized spacial score (nSPS) is 10.4. The highest BCUT2D eigenvalue weighted by Gasteiger charge is 2.17. The van der Waals surface area contributed by atoms with Gasteiger partial charge in [0.25, 0.3) is 5.69 Å². The maximum absolute atomic E-state index is 12.4. The van der Waals surface area contributed by atoms with Crippen molar-refractivity contribution in [2.24, 2.45) is 0 Å². The van der Waals surface area contributed by atoms with Crippen molar-refractivity contribution in [1.29, 1.82) is 0 Å². The first kappa shape index (κ1) is 24.9. The molecular weight excluding hydrogens is 454 g/mol. The molecule has 0 aliphatic rings. The Hall–Kier alpha value is -3.72. The topological polar surface area (TPSA) is 103 Å². The summed E-state index contributed by atoms with van der Waals surface area (Å²) in [6.07, 6.45) is 1.86. The molecule has 0 unspecified atom stereocenters. The molecule has 9 heteroatoms. The molecule has 34 heavy (non-hydrogen) atoms. The van der Waals surface area contributed by atoms with Gasteiger partial charge in [-0.25, -0.2) is 4.79 Å². The highest BCUT2D eigenvalue weighted by Crippen LogP contribution is 2.34. The summed E-state index contributed by atoms with van der Waals surface area (Å²) in [7, 11) is 1.32. The van der Waals surface area contributed by atoms with Crippen molar-refractivity contribution < 1.29 is 19.2 Å². The molecule has 0 radical (unpaired) electrons. The number of nitrogens with zero attached hydrogens (tertiary/aromatic N) is 1. The van der Waals surface area contributed by atoms with Crippen molar-refractivity contribution in [1.82, 2.24) is 0 Å². The maximum Gasteiger partial charge on any atom is 0.340 e. The lowest BCUT2D eigenvalue weighted by molar-refractivity contribution is -0.384. The average Bonchev–Trinajstić information content (AvgIpc) is 2.84. The van der Waals surface area contributed by atoms with Crippen LogP contribution in [0.1, 0.15) is 35.7 Å². The van der Waals surface area contributed by atoms with Gasteiger partial charge in [-0.05, 0) is 61.7 Å². The number of anilines is 2. The number of ether oxygens (including phenoxy) is 2. The molecule has 0 amide bonds. The van der Waals surface area contributed by atoms with E-state index in [0.29, 0.717) is 35.0 Å². The lowest BCUT2D eigenvalue weighted by Crippen LogP contribution is -2.06. The molecule has 0 aromatic heterocycles. The minimum absolute atomic E-state index is 0.0219. The van der Waals surface area contributed by atoms with Crippen LogP contribution in [-0.4, -0.2) is 24.5 Å². The largest absolute Gasteiger partial charge is 0.465 e. The molecule has 0 atom stereocenters. The van der Waals surface area contributed by atoms with Crippen molar-refractivity contribution in [2.75, 3.05) is 23.7 Å². The van der Waals surface area contributed by atoms with E-state index in [-0.39, 0.29) is 5.69 Å². The van der Waals surface area contributed by atoms with E-state index in [2.05, 4.69) is 10.0 Å². The van der Waals surface area contributed by atoms with Gasteiger partial charge in [-0.3, -0.25) is 10.1 Å². The summed E-state index contributed by atoms with van der Waals surface area (Å²) in [5.41, 5.74) is 2.41. The van der Waals surface area contributed by atoms with E-state index in [4.69, 9.17) is 9.47 Å². The fourth-order valence-corrected chi connectivity index (χ4v) is 3.77. The lowest BCUT2D eigenvalue weighted by Gasteiger charge is -2.14. The molecular formula is C25H27N3O5S. The van der Waals surface area contributed by atoms with Crippen LogP contribution in [0.25, 0.3) is 0 Å². The van der Waals surface area contributed by atoms with Crippen LogP contribution in [-0.2, 0) is 4.74 Å². The predicted octanol–water partition coefficient (Wildman–Crippen LogP) is 6.81. The molecule has 0 saturated heterocycles. The smallest absolute Gasteiger partial charge is 0.340 e. The molecule has 3 aromatic rings. The number of carbonyl (C=O) groups excluding carboxylic acids is 1. The Morgan fingerprint density at radius 1 is 1.03 bits per heavy atom. The third kappa shape index (κ3) is 6.64. The Balaban J connectivity index is 1.81. The minimum Gasteiger partial charge on any atom is -0.465 e. The number of unbranched alkanes of at least 4 members (excludes halogenated alkanes) is 1. The molecule has 3 aromatic carbocycles. The summed E-state index contributed by atoms with van der Waals surface area (Å²) in [6.45, 7) is 4.68. The van der Waals surface area contributed by atoms with Gasteiger partial charge in [0.15, 0.2) is 0 Å². The first-order valence-electron chi connectivity index (χ1n) is 10.8. The first-order valence-corrected chi connectivity index (χ1v) is 11.6. The zero-order chi connectivity index (χ0) is 24.5. The fourth-order valence-electron chi connectivity index (χ4n) is 3.09. The number of esters is 1. The second-order valence-electron chi connectivity index (χ2n) is 7.53. The fraction of sp³-hybridized carbons (Fsp3) is 0.240. The van der Waals surface area contributed by atoms with Crippen LogP contribution in [0.4, 0.5) is 17.1 Å². The molecule has 2 N–H and O–H groups in total. The van der Waals surface area contributed by atoms with Gasteiger partial charge in [0.05, 0.1) is 23.3 Å². The molecule has 8 nitrogen and oxygen atoms in total. The number of nitrogens with one attached hydrogen (secondary N) is 2. The Bertz CT molecular complexity index is 1150. The minimum atomic E-state index is -0.511. The van der Waals surface area contributed by atoms with E-state index in [1.165, 1.54) is 31.2 Å². The monoisotopic (exact) mass is 481 g/mol. The molecule has 3 rings (SSSR count). The standard InChI is InChI=1S/C25H27N3O5S/c1-4-5-14-26-23-16-19(9-13-24(23)28(30)31)33-18-8-12-22(21(15-18)25(29)32-3)27-34-20-10-6-17(2)7-11-20/h6-13,15-16,26-27H,4-5,14H2,1-3H3. The highest BCUT2D eigenvalue weighted by molar-refractivity contribution is 8.00. The van der Waals surface area contributed by atoms with Crippen molar-refractivity contribution in [3.63, 3.8) is 0 Å². The number of carbonyl (C=O) groups is 1. The number of hydrogen-bond acceptors (Lipinski definition) is 8. The van der Waals surface area contributed by atoms with Gasteiger partial charge in [-0.1, -0.05) is 31.0 Å². The van der Waals surface area contributed by atoms with Gasteiger partial charge in [0.2, 0.25) is 0 Å². The van der Waals surface area contributed by atoms with Crippen LogP contribution in [0, 0.1) is 17.0 Å². The van der Waals surface area contributed by atoms with E-state index >= 15 is 0 Å². The predicted molar refractivity (Wildman–Crippen MR) is 135 cm³/mol. The van der Waals surface area contributed by atoms with Crippen molar-refractivity contribution in [3.8, 4) is 11.5 Å². The van der Waals surface area contributed by atoms with Gasteiger partial charge >= 0.3 is 5.97 Å². The average molecular weight is 482 g/mol. The van der Waals surface area contributed by atoms with Crippen LogP contribution in [0.5, 0.6) is 11.5 Å². The highest BCUT2D eigenvalue weighted by atomic mass is 32.2. The van der Waals surface area contributed by atoms with Crippen LogP contribution in [0.15, 0.2) is 65.6 Å². The summed E-state index contributed by atoms with van der Waals surface area (Å²) in [4.78, 5) is 24.3.